The molecular formula is C23H30FN5O2. The van der Waals surface area contributed by atoms with Gasteiger partial charge in [0, 0.05) is 59.6 Å². The van der Waals surface area contributed by atoms with Crippen molar-refractivity contribution < 1.29 is 13.9 Å². The Bertz CT molecular complexity index is 893. The number of hydrogen-bond donors (Lipinski definition) is 1. The fourth-order valence-corrected chi connectivity index (χ4v) is 3.36. The van der Waals surface area contributed by atoms with E-state index < -0.39 is 0 Å². The van der Waals surface area contributed by atoms with Crippen LogP contribution < -0.4 is 15.0 Å². The van der Waals surface area contributed by atoms with E-state index in [-0.39, 0.29) is 18.3 Å². The normalized spacial score (nSPS) is 14.4. The molecule has 1 fully saturated rings. The van der Waals surface area contributed by atoms with E-state index in [0.29, 0.717) is 12.3 Å². The van der Waals surface area contributed by atoms with Gasteiger partial charge in [0.25, 0.3) is 5.91 Å². The molecule has 0 unspecified atom stereocenters. The Kier molecular flexibility index (Phi) is 7.70. The number of guanidine groups is 1. The topological polar surface area (TPSA) is 60.4 Å². The zero-order valence-electron chi connectivity index (χ0n) is 18.3. The maximum atomic E-state index is 13.2. The number of amides is 1. The molecule has 1 heterocycles. The maximum absolute atomic E-state index is 13.2. The minimum Gasteiger partial charge on any atom is -0.484 e. The zero-order chi connectivity index (χ0) is 22.2. The number of nitrogens with zero attached hydrogens (tertiary/aromatic N) is 4. The standard InChI is InChI=1S/C23H30FN5O2/c1-25-23(29-13-11-28(12-14-29)20-9-7-19(24)8-10-20)26-16-18-5-4-6-21(15-18)31-17-22(30)27(2)3/h4-10,15H,11-14,16-17H2,1-3H3,(H,25,26). The van der Waals surface area contributed by atoms with Crippen LogP contribution in [0.25, 0.3) is 0 Å². The molecule has 0 atom stereocenters. The molecule has 7 nitrogen and oxygen atoms in total. The summed E-state index contributed by atoms with van der Waals surface area (Å²) in [5.74, 6) is 1.21. The number of anilines is 1. The van der Waals surface area contributed by atoms with Gasteiger partial charge in [-0.1, -0.05) is 12.1 Å². The summed E-state index contributed by atoms with van der Waals surface area (Å²) in [7, 11) is 5.19. The minimum absolute atomic E-state index is 0.0177. The summed E-state index contributed by atoms with van der Waals surface area (Å²) in [5, 5.41) is 3.40. The second kappa shape index (κ2) is 10.7. The number of hydrogen-bond acceptors (Lipinski definition) is 4. The Balaban J connectivity index is 1.50. The van der Waals surface area contributed by atoms with Crippen molar-refractivity contribution in [3.63, 3.8) is 0 Å². The summed E-state index contributed by atoms with van der Waals surface area (Å²) in [6.45, 7) is 3.96. The Morgan fingerprint density at radius 3 is 2.48 bits per heavy atom. The van der Waals surface area contributed by atoms with E-state index in [4.69, 9.17) is 4.74 Å². The van der Waals surface area contributed by atoms with Crippen LogP contribution in [0.2, 0.25) is 0 Å². The molecule has 0 spiro atoms. The van der Waals surface area contributed by atoms with Gasteiger partial charge < -0.3 is 24.8 Å². The summed E-state index contributed by atoms with van der Waals surface area (Å²) in [4.78, 5) is 22.1. The Labute approximate surface area is 183 Å². The van der Waals surface area contributed by atoms with Crippen molar-refractivity contribution in [3.05, 3.63) is 59.9 Å². The Morgan fingerprint density at radius 1 is 1.13 bits per heavy atom. The first-order valence-electron chi connectivity index (χ1n) is 10.3. The van der Waals surface area contributed by atoms with Gasteiger partial charge in [0.1, 0.15) is 11.6 Å². The van der Waals surface area contributed by atoms with Crippen LogP contribution in [-0.4, -0.2) is 75.6 Å². The van der Waals surface area contributed by atoms with E-state index >= 15 is 0 Å². The maximum Gasteiger partial charge on any atom is 0.259 e. The van der Waals surface area contributed by atoms with Crippen molar-refractivity contribution in [2.45, 2.75) is 6.54 Å². The number of nitrogens with one attached hydrogen (secondary N) is 1. The molecule has 2 aromatic rings. The molecule has 1 aliphatic rings. The monoisotopic (exact) mass is 427 g/mol. The summed E-state index contributed by atoms with van der Waals surface area (Å²) >= 11 is 0. The first kappa shape index (κ1) is 22.4. The van der Waals surface area contributed by atoms with Crippen LogP contribution in [0.5, 0.6) is 5.75 Å². The van der Waals surface area contributed by atoms with Gasteiger partial charge in [-0.15, -0.1) is 0 Å². The fraction of sp³-hybridized carbons (Fsp3) is 0.391. The van der Waals surface area contributed by atoms with Crippen LogP contribution in [0.3, 0.4) is 0 Å². The minimum atomic E-state index is -0.217. The predicted molar refractivity (Wildman–Crippen MR) is 121 cm³/mol. The quantitative estimate of drug-likeness (QED) is 0.566. The molecule has 1 saturated heterocycles. The largest absolute Gasteiger partial charge is 0.484 e. The molecule has 0 bridgehead atoms. The molecule has 31 heavy (non-hydrogen) atoms. The van der Waals surface area contributed by atoms with Gasteiger partial charge in [0.2, 0.25) is 0 Å². The lowest BCUT2D eigenvalue weighted by Crippen LogP contribution is -2.52. The van der Waals surface area contributed by atoms with Gasteiger partial charge in [0.15, 0.2) is 12.6 Å². The van der Waals surface area contributed by atoms with Crippen molar-refractivity contribution in [1.29, 1.82) is 0 Å². The lowest BCUT2D eigenvalue weighted by molar-refractivity contribution is -0.130. The number of piperazine rings is 1. The SMILES string of the molecule is CN=C(NCc1cccc(OCC(=O)N(C)C)c1)N1CCN(c2ccc(F)cc2)CC1. The van der Waals surface area contributed by atoms with Crippen LogP contribution in [0.4, 0.5) is 10.1 Å². The van der Waals surface area contributed by atoms with Gasteiger partial charge >= 0.3 is 0 Å². The highest BCUT2D eigenvalue weighted by Crippen LogP contribution is 2.17. The molecule has 1 N–H and O–H groups in total. The predicted octanol–water partition coefficient (Wildman–Crippen LogP) is 2.19. The first-order valence-corrected chi connectivity index (χ1v) is 10.3. The second-order valence-electron chi connectivity index (χ2n) is 7.58. The molecule has 0 aromatic heterocycles. The van der Waals surface area contributed by atoms with Gasteiger partial charge in [-0.3, -0.25) is 9.79 Å². The third-order valence-corrected chi connectivity index (χ3v) is 5.19. The second-order valence-corrected chi connectivity index (χ2v) is 7.58. The smallest absolute Gasteiger partial charge is 0.259 e. The van der Waals surface area contributed by atoms with Gasteiger partial charge in [-0.05, 0) is 42.0 Å². The molecule has 2 aromatic carbocycles. The molecule has 1 aliphatic heterocycles. The average Bonchev–Trinajstić information content (AvgIpc) is 2.79. The number of halogens is 1. The Morgan fingerprint density at radius 2 is 1.84 bits per heavy atom. The van der Waals surface area contributed by atoms with Crippen molar-refractivity contribution in [1.82, 2.24) is 15.1 Å². The van der Waals surface area contributed by atoms with E-state index in [1.807, 2.05) is 36.4 Å². The number of likely N-dealkylation sites (N-methyl/N-ethyl adjacent to an activating group) is 1. The zero-order valence-corrected chi connectivity index (χ0v) is 18.3. The molecule has 166 valence electrons. The van der Waals surface area contributed by atoms with E-state index in [1.54, 1.807) is 21.1 Å². The van der Waals surface area contributed by atoms with Gasteiger partial charge in [-0.2, -0.15) is 0 Å². The summed E-state index contributed by atoms with van der Waals surface area (Å²) in [6.07, 6.45) is 0. The van der Waals surface area contributed by atoms with Gasteiger partial charge in [0.05, 0.1) is 0 Å². The number of ether oxygens (including phenoxy) is 1. The van der Waals surface area contributed by atoms with Crippen molar-refractivity contribution >= 4 is 17.6 Å². The molecular weight excluding hydrogens is 397 g/mol. The molecule has 3 rings (SSSR count). The lowest BCUT2D eigenvalue weighted by atomic mass is 10.2. The third kappa shape index (κ3) is 6.34. The number of carbonyl (C=O) groups excluding carboxylic acids is 1. The fourth-order valence-electron chi connectivity index (χ4n) is 3.36. The number of aliphatic imine (C=N–C) groups is 1. The van der Waals surface area contributed by atoms with E-state index in [2.05, 4.69) is 20.1 Å². The first-order chi connectivity index (χ1) is 15.0. The van der Waals surface area contributed by atoms with Crippen molar-refractivity contribution in [2.24, 2.45) is 4.99 Å². The third-order valence-electron chi connectivity index (χ3n) is 5.19. The van der Waals surface area contributed by atoms with Crippen molar-refractivity contribution in [3.8, 4) is 5.75 Å². The summed E-state index contributed by atoms with van der Waals surface area (Å²) in [5.41, 5.74) is 2.08. The Hall–Kier alpha value is -3.29. The van der Waals surface area contributed by atoms with Gasteiger partial charge in [-0.25, -0.2) is 4.39 Å². The van der Waals surface area contributed by atoms with E-state index in [0.717, 1.165) is 43.4 Å². The van der Waals surface area contributed by atoms with Crippen LogP contribution in [0, 0.1) is 5.82 Å². The molecule has 0 radical (unpaired) electrons. The van der Waals surface area contributed by atoms with Crippen molar-refractivity contribution in [2.75, 3.05) is 58.8 Å². The summed E-state index contributed by atoms with van der Waals surface area (Å²) in [6, 6.07) is 14.3. The van der Waals surface area contributed by atoms with Crippen LogP contribution >= 0.6 is 0 Å². The molecule has 1 amide bonds. The molecule has 0 saturated carbocycles. The molecule has 0 aliphatic carbocycles. The van der Waals surface area contributed by atoms with E-state index in [1.165, 1.54) is 17.0 Å². The molecule has 8 heteroatoms. The highest BCUT2D eigenvalue weighted by molar-refractivity contribution is 5.80. The highest BCUT2D eigenvalue weighted by atomic mass is 19.1. The van der Waals surface area contributed by atoms with Crippen LogP contribution in [0.1, 0.15) is 5.56 Å². The number of carbonyl (C=O) groups is 1. The number of benzene rings is 2. The highest BCUT2D eigenvalue weighted by Gasteiger charge is 2.19. The van der Waals surface area contributed by atoms with E-state index in [9.17, 15) is 9.18 Å². The number of rotatable bonds is 6. The lowest BCUT2D eigenvalue weighted by Gasteiger charge is -2.37. The van der Waals surface area contributed by atoms with Crippen LogP contribution in [0.15, 0.2) is 53.5 Å². The average molecular weight is 428 g/mol. The van der Waals surface area contributed by atoms with Crippen LogP contribution in [-0.2, 0) is 11.3 Å². The summed E-state index contributed by atoms with van der Waals surface area (Å²) < 4.78 is 18.7.